The number of halogens is 3. The van der Waals surface area contributed by atoms with Crippen LogP contribution in [0, 0.1) is 5.41 Å². The molecule has 2 atom stereocenters. The van der Waals surface area contributed by atoms with Crippen LogP contribution in [0.4, 0.5) is 13.2 Å². The summed E-state index contributed by atoms with van der Waals surface area (Å²) >= 11 is 0. The van der Waals surface area contributed by atoms with Gasteiger partial charge in [-0.05, 0) is 24.5 Å². The quantitative estimate of drug-likeness (QED) is 0.861. The first-order chi connectivity index (χ1) is 11.2. The van der Waals surface area contributed by atoms with Gasteiger partial charge in [0.2, 0.25) is 0 Å². The van der Waals surface area contributed by atoms with Crippen LogP contribution in [0.3, 0.4) is 0 Å². The fraction of sp³-hybridized carbons (Fsp3) is 0.588. The summed E-state index contributed by atoms with van der Waals surface area (Å²) in [4.78, 5) is 13.5. The molecule has 1 aromatic rings. The molecule has 0 aliphatic carbocycles. The van der Waals surface area contributed by atoms with Crippen molar-refractivity contribution in [3.8, 4) is 0 Å². The molecule has 24 heavy (non-hydrogen) atoms. The van der Waals surface area contributed by atoms with Crippen LogP contribution in [0.15, 0.2) is 24.3 Å². The number of likely N-dealkylation sites (tertiary alicyclic amines) is 1. The summed E-state index contributed by atoms with van der Waals surface area (Å²) in [5.41, 5.74) is -1.48. The smallest absolute Gasteiger partial charge is 0.416 e. The summed E-state index contributed by atoms with van der Waals surface area (Å²) in [7, 11) is 0. The molecule has 0 amide bonds. The van der Waals surface area contributed by atoms with Crippen LogP contribution < -0.4 is 0 Å². The van der Waals surface area contributed by atoms with Gasteiger partial charge < -0.3 is 10.2 Å². The Bertz CT molecular complexity index is 591. The van der Waals surface area contributed by atoms with Gasteiger partial charge in [-0.15, -0.1) is 0 Å². The number of nitrogens with zero attached hydrogens (tertiary/aromatic N) is 1. The Balaban J connectivity index is 2.17. The lowest BCUT2D eigenvalue weighted by Gasteiger charge is -2.43. The Morgan fingerprint density at radius 1 is 1.42 bits per heavy atom. The number of hydrogen-bond acceptors (Lipinski definition) is 3. The zero-order chi connectivity index (χ0) is 18.0. The minimum absolute atomic E-state index is 0.133. The van der Waals surface area contributed by atoms with E-state index in [1.54, 1.807) is 6.07 Å². The number of carbonyl (C=O) groups is 1. The first-order valence-electron chi connectivity index (χ1n) is 7.99. The van der Waals surface area contributed by atoms with Crippen LogP contribution >= 0.6 is 0 Å². The number of hydrogen-bond donors (Lipinski definition) is 2. The SMILES string of the molecule is CCC[C@@]1(C(=O)O)CN(Cc2cccc(C(F)(F)F)c2)CC[C@@H]1O. The second kappa shape index (κ2) is 7.11. The molecule has 0 aromatic heterocycles. The van der Waals surface area contributed by atoms with Crippen molar-refractivity contribution in [1.82, 2.24) is 4.90 Å². The molecular weight excluding hydrogens is 323 g/mol. The maximum atomic E-state index is 12.8. The lowest BCUT2D eigenvalue weighted by atomic mass is 9.74. The van der Waals surface area contributed by atoms with Gasteiger partial charge in [0.15, 0.2) is 0 Å². The third-order valence-corrected chi connectivity index (χ3v) is 4.64. The molecule has 1 saturated heterocycles. The number of carboxylic acid groups (broad SMARTS) is 1. The van der Waals surface area contributed by atoms with Crippen molar-refractivity contribution in [2.24, 2.45) is 5.41 Å². The Labute approximate surface area is 138 Å². The summed E-state index contributed by atoms with van der Waals surface area (Å²) in [6.07, 6.45) is -4.09. The van der Waals surface area contributed by atoms with Crippen LogP contribution in [0.5, 0.6) is 0 Å². The van der Waals surface area contributed by atoms with E-state index in [9.17, 15) is 28.2 Å². The standard InChI is InChI=1S/C17H22F3NO3/c1-2-7-16(15(23)24)11-21(8-6-14(16)22)10-12-4-3-5-13(9-12)17(18,19)20/h3-5,9,14,22H,2,6-8,10-11H2,1H3,(H,23,24)/t14-,16+/m0/s1. The molecule has 1 aliphatic rings. The normalized spacial score (nSPS) is 25.6. The van der Waals surface area contributed by atoms with E-state index in [1.807, 2.05) is 11.8 Å². The number of aliphatic hydroxyl groups excluding tert-OH is 1. The fourth-order valence-electron chi connectivity index (χ4n) is 3.41. The molecule has 134 valence electrons. The van der Waals surface area contributed by atoms with Gasteiger partial charge in [0.05, 0.1) is 11.7 Å². The average molecular weight is 345 g/mol. The second-order valence-corrected chi connectivity index (χ2v) is 6.42. The topological polar surface area (TPSA) is 60.8 Å². The number of carboxylic acids is 1. The Kier molecular flexibility index (Phi) is 5.55. The highest BCUT2D eigenvalue weighted by Gasteiger charge is 2.48. The number of alkyl halides is 3. The number of aliphatic carboxylic acids is 1. The van der Waals surface area contributed by atoms with E-state index >= 15 is 0 Å². The maximum absolute atomic E-state index is 12.8. The zero-order valence-corrected chi connectivity index (χ0v) is 13.5. The van der Waals surface area contributed by atoms with Gasteiger partial charge in [-0.25, -0.2) is 0 Å². The molecule has 1 heterocycles. The van der Waals surface area contributed by atoms with Crippen molar-refractivity contribution < 1.29 is 28.2 Å². The maximum Gasteiger partial charge on any atom is 0.416 e. The lowest BCUT2D eigenvalue weighted by molar-refractivity contribution is -0.164. The molecule has 0 spiro atoms. The molecule has 2 N–H and O–H groups in total. The fourth-order valence-corrected chi connectivity index (χ4v) is 3.41. The summed E-state index contributed by atoms with van der Waals surface area (Å²) in [6.45, 7) is 2.67. The van der Waals surface area contributed by atoms with Gasteiger partial charge in [0.25, 0.3) is 0 Å². The van der Waals surface area contributed by atoms with E-state index in [0.29, 0.717) is 31.4 Å². The molecule has 4 nitrogen and oxygen atoms in total. The van der Waals surface area contributed by atoms with Crippen molar-refractivity contribution in [3.63, 3.8) is 0 Å². The Hall–Kier alpha value is -1.60. The highest BCUT2D eigenvalue weighted by atomic mass is 19.4. The number of piperidine rings is 1. The Morgan fingerprint density at radius 3 is 2.71 bits per heavy atom. The van der Waals surface area contributed by atoms with Gasteiger partial charge in [-0.2, -0.15) is 13.2 Å². The molecular formula is C17H22F3NO3. The molecule has 0 radical (unpaired) electrons. The zero-order valence-electron chi connectivity index (χ0n) is 13.5. The Morgan fingerprint density at radius 2 is 2.12 bits per heavy atom. The first-order valence-corrected chi connectivity index (χ1v) is 7.99. The van der Waals surface area contributed by atoms with Gasteiger partial charge in [-0.1, -0.05) is 31.5 Å². The number of benzene rings is 1. The molecule has 0 bridgehead atoms. The van der Waals surface area contributed by atoms with E-state index in [4.69, 9.17) is 0 Å². The van der Waals surface area contributed by atoms with E-state index in [0.717, 1.165) is 12.1 Å². The molecule has 2 rings (SSSR count). The third kappa shape index (κ3) is 3.89. The van der Waals surface area contributed by atoms with Crippen molar-refractivity contribution in [3.05, 3.63) is 35.4 Å². The van der Waals surface area contributed by atoms with Crippen LogP contribution in [-0.4, -0.2) is 40.3 Å². The van der Waals surface area contributed by atoms with Gasteiger partial charge in [-0.3, -0.25) is 9.69 Å². The van der Waals surface area contributed by atoms with E-state index in [-0.39, 0.29) is 13.1 Å². The van der Waals surface area contributed by atoms with Gasteiger partial charge in [0.1, 0.15) is 5.41 Å². The third-order valence-electron chi connectivity index (χ3n) is 4.64. The predicted octanol–water partition coefficient (Wildman–Crippen LogP) is 3.14. The van der Waals surface area contributed by atoms with Crippen molar-refractivity contribution in [1.29, 1.82) is 0 Å². The molecule has 7 heteroatoms. The van der Waals surface area contributed by atoms with Crippen molar-refractivity contribution >= 4 is 5.97 Å². The summed E-state index contributed by atoms with van der Waals surface area (Å²) in [6, 6.07) is 5.06. The van der Waals surface area contributed by atoms with Crippen LogP contribution in [-0.2, 0) is 17.5 Å². The number of rotatable bonds is 5. The van der Waals surface area contributed by atoms with Crippen LogP contribution in [0.2, 0.25) is 0 Å². The lowest BCUT2D eigenvalue weighted by Crippen LogP contribution is -2.55. The number of aliphatic hydroxyl groups is 1. The summed E-state index contributed by atoms with van der Waals surface area (Å²) in [5, 5.41) is 19.8. The van der Waals surface area contributed by atoms with Gasteiger partial charge in [0, 0.05) is 19.6 Å². The minimum atomic E-state index is -4.40. The predicted molar refractivity (Wildman–Crippen MR) is 82.3 cm³/mol. The second-order valence-electron chi connectivity index (χ2n) is 6.42. The van der Waals surface area contributed by atoms with Crippen molar-refractivity contribution in [2.45, 2.75) is 45.0 Å². The van der Waals surface area contributed by atoms with Crippen LogP contribution in [0.1, 0.15) is 37.3 Å². The molecule has 0 saturated carbocycles. The van der Waals surface area contributed by atoms with E-state index in [1.165, 1.54) is 6.07 Å². The summed E-state index contributed by atoms with van der Waals surface area (Å²) < 4.78 is 38.4. The van der Waals surface area contributed by atoms with Gasteiger partial charge >= 0.3 is 12.1 Å². The van der Waals surface area contributed by atoms with Crippen molar-refractivity contribution in [2.75, 3.05) is 13.1 Å². The molecule has 1 fully saturated rings. The first kappa shape index (κ1) is 18.7. The highest BCUT2D eigenvalue weighted by Crippen LogP contribution is 2.36. The van der Waals surface area contributed by atoms with Crippen LogP contribution in [0.25, 0.3) is 0 Å². The van der Waals surface area contributed by atoms with E-state index < -0.39 is 29.2 Å². The summed E-state index contributed by atoms with van der Waals surface area (Å²) in [5.74, 6) is -1.05. The average Bonchev–Trinajstić information content (AvgIpc) is 2.50. The molecule has 0 unspecified atom stereocenters. The van der Waals surface area contributed by atoms with E-state index in [2.05, 4.69) is 0 Å². The minimum Gasteiger partial charge on any atom is -0.481 e. The molecule has 1 aromatic carbocycles. The highest BCUT2D eigenvalue weighted by molar-refractivity contribution is 5.76. The largest absolute Gasteiger partial charge is 0.481 e. The monoisotopic (exact) mass is 345 g/mol. The molecule has 1 aliphatic heterocycles.